The van der Waals surface area contributed by atoms with E-state index in [0.29, 0.717) is 17.3 Å². The highest BCUT2D eigenvalue weighted by atomic mass is 35.5. The maximum absolute atomic E-state index is 13.8. The second-order valence-corrected chi connectivity index (χ2v) is 10.00. The van der Waals surface area contributed by atoms with Gasteiger partial charge in [-0.3, -0.25) is 15.2 Å². The molecule has 1 saturated heterocycles. The van der Waals surface area contributed by atoms with Crippen molar-refractivity contribution in [3.8, 4) is 0 Å². The smallest absolute Gasteiger partial charge is 0.243 e. The molecule has 7 nitrogen and oxygen atoms in total. The van der Waals surface area contributed by atoms with Gasteiger partial charge < -0.3 is 15.5 Å². The number of piperidine rings is 1. The predicted octanol–water partition coefficient (Wildman–Crippen LogP) is 4.48. The number of nitrogens with one attached hydrogen (secondary N) is 3. The number of hydrogen-bond acceptors (Lipinski definition) is 5. The summed E-state index contributed by atoms with van der Waals surface area (Å²) >= 11 is 6.02. The van der Waals surface area contributed by atoms with Gasteiger partial charge in [-0.15, -0.1) is 0 Å². The van der Waals surface area contributed by atoms with Crippen LogP contribution in [0, 0.1) is 11.7 Å². The molecule has 188 valence electrons. The van der Waals surface area contributed by atoms with E-state index in [1.807, 2.05) is 0 Å². The van der Waals surface area contributed by atoms with Gasteiger partial charge >= 0.3 is 0 Å². The van der Waals surface area contributed by atoms with E-state index in [2.05, 4.69) is 51.5 Å². The molecule has 3 aliphatic rings. The Kier molecular flexibility index (Phi) is 7.79. The summed E-state index contributed by atoms with van der Waals surface area (Å²) in [6.07, 6.45) is 6.36. The van der Waals surface area contributed by atoms with Crippen LogP contribution in [0.4, 0.5) is 10.1 Å². The molecule has 0 aromatic heterocycles. The maximum Gasteiger partial charge on any atom is 0.243 e. The number of nitrogens with zero attached hydrogens (tertiary/aromatic N) is 3. The zero-order valence-corrected chi connectivity index (χ0v) is 21.3. The number of rotatable bonds is 8. The molecule has 35 heavy (non-hydrogen) atoms. The van der Waals surface area contributed by atoms with Gasteiger partial charge in [0.15, 0.2) is 5.84 Å². The molecule has 1 aromatic carbocycles. The van der Waals surface area contributed by atoms with E-state index in [0.717, 1.165) is 54.8 Å². The second-order valence-electron chi connectivity index (χ2n) is 9.56. The molecular formula is C26H34ClFN6O. The fourth-order valence-electron chi connectivity index (χ4n) is 4.81. The number of amidine groups is 1. The first-order valence-electron chi connectivity index (χ1n) is 12.3. The molecule has 4 rings (SSSR count). The van der Waals surface area contributed by atoms with Crippen LogP contribution in [0.3, 0.4) is 0 Å². The minimum absolute atomic E-state index is 0.0218. The van der Waals surface area contributed by atoms with Crippen LogP contribution in [-0.2, 0) is 4.79 Å². The third-order valence-electron chi connectivity index (χ3n) is 6.94. The number of anilines is 1. The molecule has 0 spiro atoms. The van der Waals surface area contributed by atoms with E-state index in [4.69, 9.17) is 11.6 Å². The van der Waals surface area contributed by atoms with Crippen molar-refractivity contribution in [3.63, 3.8) is 0 Å². The minimum Gasteiger partial charge on any atom is -0.373 e. The van der Waals surface area contributed by atoms with E-state index in [9.17, 15) is 9.18 Å². The summed E-state index contributed by atoms with van der Waals surface area (Å²) in [4.78, 5) is 20.0. The molecule has 9 heteroatoms. The molecule has 2 fully saturated rings. The Hall–Kier alpha value is -2.87. The first-order valence-corrected chi connectivity index (χ1v) is 12.7. The number of aliphatic imine (C=N–C) groups is 1. The SMILES string of the molecule is C=C(CC)/C(=C1/C=NNC1=NC)N1CC(NC(=O)C(Nc2cc(F)cc(Cl)c2)C2CC2)CCC1C. The van der Waals surface area contributed by atoms with Gasteiger partial charge in [0.1, 0.15) is 11.9 Å². The maximum atomic E-state index is 13.8. The topological polar surface area (TPSA) is 81.1 Å². The third-order valence-corrected chi connectivity index (χ3v) is 7.15. The summed E-state index contributed by atoms with van der Waals surface area (Å²) in [7, 11) is 1.74. The molecule has 1 aromatic rings. The van der Waals surface area contributed by atoms with Crippen molar-refractivity contribution in [3.05, 3.63) is 52.5 Å². The van der Waals surface area contributed by atoms with Gasteiger partial charge in [0.25, 0.3) is 0 Å². The predicted molar refractivity (Wildman–Crippen MR) is 140 cm³/mol. The number of hydrazone groups is 1. The number of halogens is 2. The number of benzene rings is 1. The lowest BCUT2D eigenvalue weighted by molar-refractivity contribution is -0.123. The third kappa shape index (κ3) is 5.86. The van der Waals surface area contributed by atoms with Crippen LogP contribution in [-0.4, -0.2) is 54.6 Å². The van der Waals surface area contributed by atoms with Gasteiger partial charge in [0, 0.05) is 36.4 Å². The Labute approximate surface area is 211 Å². The van der Waals surface area contributed by atoms with Gasteiger partial charge in [-0.25, -0.2) is 4.39 Å². The molecule has 2 heterocycles. The summed E-state index contributed by atoms with van der Waals surface area (Å²) < 4.78 is 13.8. The van der Waals surface area contributed by atoms with Crippen molar-refractivity contribution in [2.24, 2.45) is 16.0 Å². The molecular weight excluding hydrogens is 467 g/mol. The lowest BCUT2D eigenvalue weighted by atomic mass is 9.94. The lowest BCUT2D eigenvalue weighted by Gasteiger charge is -2.42. The summed E-state index contributed by atoms with van der Waals surface area (Å²) in [5.74, 6) is 0.469. The first-order chi connectivity index (χ1) is 16.8. The normalized spacial score (nSPS) is 25.3. The summed E-state index contributed by atoms with van der Waals surface area (Å²) in [5.41, 5.74) is 6.44. The zero-order chi connectivity index (χ0) is 25.1. The number of carbonyl (C=O) groups is 1. The molecule has 2 aliphatic heterocycles. The number of amides is 1. The van der Waals surface area contributed by atoms with Gasteiger partial charge in [-0.2, -0.15) is 5.10 Å². The van der Waals surface area contributed by atoms with Crippen molar-refractivity contribution < 1.29 is 9.18 Å². The Balaban J connectivity index is 1.51. The lowest BCUT2D eigenvalue weighted by Crippen LogP contribution is -2.54. The van der Waals surface area contributed by atoms with Crippen LogP contribution in [0.1, 0.15) is 46.0 Å². The van der Waals surface area contributed by atoms with Crippen LogP contribution in [0.25, 0.3) is 0 Å². The Morgan fingerprint density at radius 2 is 2.11 bits per heavy atom. The van der Waals surface area contributed by atoms with Gasteiger partial charge in [0.2, 0.25) is 5.91 Å². The van der Waals surface area contributed by atoms with E-state index in [-0.39, 0.29) is 23.9 Å². The second kappa shape index (κ2) is 10.8. The van der Waals surface area contributed by atoms with Crippen LogP contribution in [0.15, 0.2) is 51.7 Å². The van der Waals surface area contributed by atoms with Gasteiger partial charge in [0.05, 0.1) is 17.5 Å². The first kappa shape index (κ1) is 25.2. The molecule has 3 unspecified atom stereocenters. The molecule has 3 N–H and O–H groups in total. The number of hydrogen-bond donors (Lipinski definition) is 3. The van der Waals surface area contributed by atoms with E-state index in [1.165, 1.54) is 12.1 Å². The molecule has 1 amide bonds. The van der Waals surface area contributed by atoms with E-state index in [1.54, 1.807) is 19.3 Å². The number of likely N-dealkylation sites (tertiary alicyclic amines) is 1. The number of carbonyl (C=O) groups excluding carboxylic acids is 1. The van der Waals surface area contributed by atoms with Gasteiger partial charge in [-0.05, 0) is 68.7 Å². The van der Waals surface area contributed by atoms with E-state index < -0.39 is 11.9 Å². The standard InChI is InChI=1S/C26H34ClFN6O/c1-5-15(2)24(22-13-30-33-25(22)29-4)34-14-20(9-6-16(34)3)32-26(35)23(17-7-8-17)31-21-11-18(27)10-19(28)12-21/h10-13,16-17,20,23,31H,2,5-9,14H2,1,3-4H3,(H,29,33)(H,32,35)/b24-22+. The average Bonchev–Trinajstić information content (AvgIpc) is 3.56. The van der Waals surface area contributed by atoms with Crippen molar-refractivity contribution in [1.29, 1.82) is 0 Å². The van der Waals surface area contributed by atoms with Crippen LogP contribution < -0.4 is 16.1 Å². The Morgan fingerprint density at radius 1 is 1.34 bits per heavy atom. The summed E-state index contributed by atoms with van der Waals surface area (Å²) in [6, 6.07) is 4.12. The fourth-order valence-corrected chi connectivity index (χ4v) is 5.03. The van der Waals surface area contributed by atoms with Crippen LogP contribution >= 0.6 is 11.6 Å². The Morgan fingerprint density at radius 3 is 2.77 bits per heavy atom. The Bertz CT molecular complexity index is 1060. The zero-order valence-electron chi connectivity index (χ0n) is 20.6. The quantitative estimate of drug-likeness (QED) is 0.491. The summed E-state index contributed by atoms with van der Waals surface area (Å²) in [6.45, 7) is 9.27. The van der Waals surface area contributed by atoms with Crippen molar-refractivity contribution >= 4 is 35.2 Å². The van der Waals surface area contributed by atoms with Crippen molar-refractivity contribution in [2.45, 2.75) is 64.1 Å². The molecule has 0 bridgehead atoms. The average molecular weight is 501 g/mol. The molecule has 1 saturated carbocycles. The molecule has 3 atom stereocenters. The fraction of sp³-hybridized carbons (Fsp3) is 0.500. The highest BCUT2D eigenvalue weighted by Crippen LogP contribution is 2.35. The van der Waals surface area contributed by atoms with Gasteiger partial charge in [-0.1, -0.05) is 25.1 Å². The minimum atomic E-state index is -0.427. The monoisotopic (exact) mass is 500 g/mol. The molecule has 0 radical (unpaired) electrons. The highest BCUT2D eigenvalue weighted by molar-refractivity contribution is 6.30. The highest BCUT2D eigenvalue weighted by Gasteiger charge is 2.38. The van der Waals surface area contributed by atoms with E-state index >= 15 is 0 Å². The number of allylic oxidation sites excluding steroid dienone is 1. The van der Waals surface area contributed by atoms with Crippen molar-refractivity contribution in [1.82, 2.24) is 15.6 Å². The van der Waals surface area contributed by atoms with Crippen LogP contribution in [0.2, 0.25) is 5.02 Å². The summed E-state index contributed by atoms with van der Waals surface area (Å²) in [5, 5.41) is 11.0. The van der Waals surface area contributed by atoms with Crippen molar-refractivity contribution in [2.75, 3.05) is 18.9 Å². The molecule has 1 aliphatic carbocycles. The largest absolute Gasteiger partial charge is 0.373 e. The van der Waals surface area contributed by atoms with Crippen LogP contribution in [0.5, 0.6) is 0 Å².